The smallest absolute Gasteiger partial charge is 0.263 e. The lowest BCUT2D eigenvalue weighted by Crippen LogP contribution is -2.14. The van der Waals surface area contributed by atoms with Crippen molar-refractivity contribution in [1.29, 1.82) is 0 Å². The molecule has 1 heterocycles. The van der Waals surface area contributed by atoms with Gasteiger partial charge in [-0.15, -0.1) is 0 Å². The van der Waals surface area contributed by atoms with Gasteiger partial charge in [-0.25, -0.2) is 18.4 Å². The van der Waals surface area contributed by atoms with Gasteiger partial charge < -0.3 is 4.74 Å². The Bertz CT molecular complexity index is 722. The van der Waals surface area contributed by atoms with Crippen molar-refractivity contribution in [3.8, 4) is 5.75 Å². The number of benzene rings is 1. The van der Waals surface area contributed by atoms with Gasteiger partial charge in [-0.05, 0) is 34.1 Å². The molecular formula is C11H9BrClN3O3S. The summed E-state index contributed by atoms with van der Waals surface area (Å²) in [6.45, 7) is 0. The van der Waals surface area contributed by atoms with Crippen LogP contribution in [0.4, 0.5) is 5.82 Å². The Morgan fingerprint density at radius 3 is 2.60 bits per heavy atom. The molecule has 2 rings (SSSR count). The molecule has 20 heavy (non-hydrogen) atoms. The molecule has 106 valence electrons. The summed E-state index contributed by atoms with van der Waals surface area (Å²) in [4.78, 5) is 7.64. The van der Waals surface area contributed by atoms with Crippen LogP contribution in [0.5, 0.6) is 5.75 Å². The molecule has 0 saturated carbocycles. The number of anilines is 1. The van der Waals surface area contributed by atoms with Gasteiger partial charge in [-0.3, -0.25) is 4.72 Å². The first-order valence-electron chi connectivity index (χ1n) is 5.26. The summed E-state index contributed by atoms with van der Waals surface area (Å²) in [6.07, 6.45) is 2.49. The van der Waals surface area contributed by atoms with Gasteiger partial charge in [0.1, 0.15) is 10.9 Å². The Balaban J connectivity index is 2.30. The van der Waals surface area contributed by atoms with Gasteiger partial charge in [0.2, 0.25) is 0 Å². The van der Waals surface area contributed by atoms with Crippen molar-refractivity contribution >= 4 is 43.4 Å². The summed E-state index contributed by atoms with van der Waals surface area (Å²) in [5.74, 6) is 0.622. The Morgan fingerprint density at radius 2 is 2.05 bits per heavy atom. The second kappa shape index (κ2) is 5.94. The SMILES string of the molecule is COc1ccc(S(=O)(=O)Nc2cnc(Cl)cn2)cc1Br. The molecule has 1 N–H and O–H groups in total. The molecule has 0 aliphatic rings. The minimum absolute atomic E-state index is 0.0712. The lowest BCUT2D eigenvalue weighted by molar-refractivity contribution is 0.411. The van der Waals surface area contributed by atoms with Crippen LogP contribution >= 0.6 is 27.5 Å². The zero-order valence-electron chi connectivity index (χ0n) is 10.2. The van der Waals surface area contributed by atoms with Crippen LogP contribution in [0.1, 0.15) is 0 Å². The molecule has 1 aromatic carbocycles. The fourth-order valence-electron chi connectivity index (χ4n) is 1.38. The van der Waals surface area contributed by atoms with E-state index >= 15 is 0 Å². The largest absolute Gasteiger partial charge is 0.496 e. The molecule has 2 aromatic rings. The summed E-state index contributed by atoms with van der Waals surface area (Å²) >= 11 is 8.82. The minimum Gasteiger partial charge on any atom is -0.496 e. The average molecular weight is 379 g/mol. The van der Waals surface area contributed by atoms with E-state index in [1.165, 1.54) is 31.6 Å². The monoisotopic (exact) mass is 377 g/mol. The van der Waals surface area contributed by atoms with Crippen LogP contribution in [0.3, 0.4) is 0 Å². The fourth-order valence-corrected chi connectivity index (χ4v) is 3.18. The number of hydrogen-bond acceptors (Lipinski definition) is 5. The highest BCUT2D eigenvalue weighted by atomic mass is 79.9. The Morgan fingerprint density at radius 1 is 1.30 bits per heavy atom. The van der Waals surface area contributed by atoms with E-state index in [9.17, 15) is 8.42 Å². The third-order valence-electron chi connectivity index (χ3n) is 2.29. The molecule has 9 heteroatoms. The van der Waals surface area contributed by atoms with Gasteiger partial charge in [-0.1, -0.05) is 11.6 Å². The van der Waals surface area contributed by atoms with E-state index in [1.807, 2.05) is 0 Å². The second-order valence-corrected chi connectivity index (χ2v) is 6.55. The van der Waals surface area contributed by atoms with Crippen LogP contribution in [0, 0.1) is 0 Å². The first-order chi connectivity index (χ1) is 9.42. The Labute approximate surface area is 129 Å². The normalized spacial score (nSPS) is 11.2. The van der Waals surface area contributed by atoms with E-state index in [0.717, 1.165) is 0 Å². The summed E-state index contributed by atoms with van der Waals surface area (Å²) in [5.41, 5.74) is 0. The highest BCUT2D eigenvalue weighted by molar-refractivity contribution is 9.10. The van der Waals surface area contributed by atoms with Crippen LogP contribution in [-0.4, -0.2) is 25.5 Å². The molecule has 0 saturated heterocycles. The van der Waals surface area contributed by atoms with Crippen molar-refractivity contribution in [2.45, 2.75) is 4.90 Å². The van der Waals surface area contributed by atoms with E-state index in [-0.39, 0.29) is 15.9 Å². The van der Waals surface area contributed by atoms with Crippen molar-refractivity contribution < 1.29 is 13.2 Å². The zero-order chi connectivity index (χ0) is 14.8. The van der Waals surface area contributed by atoms with Crippen LogP contribution < -0.4 is 9.46 Å². The van der Waals surface area contributed by atoms with Gasteiger partial charge in [0.25, 0.3) is 10.0 Å². The van der Waals surface area contributed by atoms with E-state index < -0.39 is 10.0 Å². The molecule has 0 spiro atoms. The third-order valence-corrected chi connectivity index (χ3v) is 4.46. The van der Waals surface area contributed by atoms with Gasteiger partial charge in [0.15, 0.2) is 5.82 Å². The molecule has 0 amide bonds. The molecular weight excluding hydrogens is 370 g/mol. The fraction of sp³-hybridized carbons (Fsp3) is 0.0909. The number of ether oxygens (including phenoxy) is 1. The maximum absolute atomic E-state index is 12.2. The maximum Gasteiger partial charge on any atom is 0.263 e. The topological polar surface area (TPSA) is 81.2 Å². The molecule has 0 unspecified atom stereocenters. The summed E-state index contributed by atoms with van der Waals surface area (Å²) in [7, 11) is -2.26. The van der Waals surface area contributed by atoms with Gasteiger partial charge in [-0.2, -0.15) is 0 Å². The number of methoxy groups -OCH3 is 1. The first-order valence-corrected chi connectivity index (χ1v) is 7.92. The van der Waals surface area contributed by atoms with Crippen molar-refractivity contribution in [3.63, 3.8) is 0 Å². The Kier molecular flexibility index (Phi) is 4.46. The lowest BCUT2D eigenvalue weighted by atomic mass is 10.3. The van der Waals surface area contributed by atoms with E-state index in [0.29, 0.717) is 10.2 Å². The molecule has 1 aromatic heterocycles. The van der Waals surface area contributed by atoms with Gasteiger partial charge in [0, 0.05) is 0 Å². The number of nitrogens with zero attached hydrogens (tertiary/aromatic N) is 2. The standard InChI is InChI=1S/C11H9BrClN3O3S/c1-19-9-3-2-7(4-8(9)12)20(17,18)16-11-6-14-10(13)5-15-11/h2-6H,1H3,(H,15,16). The minimum atomic E-state index is -3.75. The maximum atomic E-state index is 12.2. The van der Waals surface area contributed by atoms with Gasteiger partial charge >= 0.3 is 0 Å². The molecule has 6 nitrogen and oxygen atoms in total. The predicted octanol–water partition coefficient (Wildman–Crippen LogP) is 2.70. The molecule has 0 aliphatic carbocycles. The highest BCUT2D eigenvalue weighted by Crippen LogP contribution is 2.28. The third kappa shape index (κ3) is 3.38. The second-order valence-electron chi connectivity index (χ2n) is 3.63. The van der Waals surface area contributed by atoms with Crippen LogP contribution in [0.15, 0.2) is 40.0 Å². The quantitative estimate of drug-likeness (QED) is 0.884. The van der Waals surface area contributed by atoms with Crippen LogP contribution in [0.25, 0.3) is 0 Å². The van der Waals surface area contributed by atoms with Crippen molar-refractivity contribution in [1.82, 2.24) is 9.97 Å². The summed E-state index contributed by atoms with van der Waals surface area (Å²) in [6, 6.07) is 4.41. The summed E-state index contributed by atoms with van der Waals surface area (Å²) < 4.78 is 32.2. The number of nitrogens with one attached hydrogen (secondary N) is 1. The summed E-state index contributed by atoms with van der Waals surface area (Å²) in [5, 5.41) is 0.181. The van der Waals surface area contributed by atoms with Crippen molar-refractivity contribution in [3.05, 3.63) is 40.2 Å². The van der Waals surface area contributed by atoms with Crippen molar-refractivity contribution in [2.75, 3.05) is 11.8 Å². The number of sulfonamides is 1. The lowest BCUT2D eigenvalue weighted by Gasteiger charge is -2.09. The highest BCUT2D eigenvalue weighted by Gasteiger charge is 2.16. The van der Waals surface area contributed by atoms with E-state index in [1.54, 1.807) is 6.07 Å². The number of halogens is 2. The van der Waals surface area contributed by atoms with Gasteiger partial charge in [0.05, 0.1) is 28.9 Å². The predicted molar refractivity (Wildman–Crippen MR) is 78.5 cm³/mol. The van der Waals surface area contributed by atoms with E-state index in [2.05, 4.69) is 30.6 Å². The van der Waals surface area contributed by atoms with Crippen LogP contribution in [0.2, 0.25) is 5.15 Å². The zero-order valence-corrected chi connectivity index (χ0v) is 13.3. The first kappa shape index (κ1) is 15.0. The molecule has 0 fully saturated rings. The molecule has 0 aliphatic heterocycles. The number of rotatable bonds is 4. The molecule has 0 atom stereocenters. The average Bonchev–Trinajstić information content (AvgIpc) is 2.41. The molecule has 0 bridgehead atoms. The molecule has 0 radical (unpaired) electrons. The number of hydrogen-bond donors (Lipinski definition) is 1. The van der Waals surface area contributed by atoms with Crippen LogP contribution in [-0.2, 0) is 10.0 Å². The number of aromatic nitrogens is 2. The Hall–Kier alpha value is -1.38. The van der Waals surface area contributed by atoms with E-state index in [4.69, 9.17) is 16.3 Å². The van der Waals surface area contributed by atoms with Crippen molar-refractivity contribution in [2.24, 2.45) is 0 Å².